The molecule has 2 rings (SSSR count). The van der Waals surface area contributed by atoms with E-state index < -0.39 is 11.6 Å². The zero-order valence-corrected chi connectivity index (χ0v) is 11.4. The van der Waals surface area contributed by atoms with E-state index in [1.807, 2.05) is 6.92 Å². The number of nitrogens with zero attached hydrogens (tertiary/aromatic N) is 1. The van der Waals surface area contributed by atoms with Gasteiger partial charge in [-0.05, 0) is 6.42 Å². The molecule has 6 heteroatoms. The third kappa shape index (κ3) is 2.28. The third-order valence-corrected chi connectivity index (χ3v) is 4.58. The highest BCUT2D eigenvalue weighted by molar-refractivity contribution is 7.13. The SMILES string of the molecule is CCc1nc(C2(OC)CCOCC2)sc1C(=O)O. The van der Waals surface area contributed by atoms with Crippen LogP contribution in [0.5, 0.6) is 0 Å². The normalized spacial score (nSPS) is 18.8. The van der Waals surface area contributed by atoms with Gasteiger partial charge in [0.1, 0.15) is 15.5 Å². The fourth-order valence-electron chi connectivity index (χ4n) is 2.16. The van der Waals surface area contributed by atoms with Gasteiger partial charge >= 0.3 is 5.97 Å². The predicted octanol–water partition coefficient (Wildman–Crippen LogP) is 2.06. The molecule has 1 aromatic heterocycles. The Kier molecular flexibility index (Phi) is 3.99. The lowest BCUT2D eigenvalue weighted by Crippen LogP contribution is -2.35. The maximum Gasteiger partial charge on any atom is 0.347 e. The van der Waals surface area contributed by atoms with Gasteiger partial charge in [-0.15, -0.1) is 11.3 Å². The van der Waals surface area contributed by atoms with E-state index in [9.17, 15) is 9.90 Å². The summed E-state index contributed by atoms with van der Waals surface area (Å²) >= 11 is 1.23. The van der Waals surface area contributed by atoms with Gasteiger partial charge in [0.25, 0.3) is 0 Å². The Morgan fingerprint density at radius 3 is 2.67 bits per heavy atom. The van der Waals surface area contributed by atoms with Crippen LogP contribution in [0, 0.1) is 0 Å². The summed E-state index contributed by atoms with van der Waals surface area (Å²) in [6, 6.07) is 0. The van der Waals surface area contributed by atoms with Crippen LogP contribution < -0.4 is 0 Å². The van der Waals surface area contributed by atoms with Crippen molar-refractivity contribution in [3.8, 4) is 0 Å². The van der Waals surface area contributed by atoms with E-state index in [0.717, 1.165) is 17.8 Å². The molecule has 0 aromatic carbocycles. The van der Waals surface area contributed by atoms with E-state index in [0.29, 0.717) is 30.2 Å². The van der Waals surface area contributed by atoms with Gasteiger partial charge in [0.05, 0.1) is 5.69 Å². The Balaban J connectivity index is 2.39. The minimum atomic E-state index is -0.908. The molecule has 1 aliphatic heterocycles. The summed E-state index contributed by atoms with van der Waals surface area (Å²) in [7, 11) is 1.65. The number of hydrogen-bond acceptors (Lipinski definition) is 5. The first kappa shape index (κ1) is 13.5. The molecule has 0 aliphatic carbocycles. The molecule has 1 aliphatic rings. The first-order chi connectivity index (χ1) is 8.63. The highest BCUT2D eigenvalue weighted by atomic mass is 32.1. The minimum Gasteiger partial charge on any atom is -0.477 e. The van der Waals surface area contributed by atoms with Crippen LogP contribution in [0.15, 0.2) is 0 Å². The van der Waals surface area contributed by atoms with Gasteiger partial charge < -0.3 is 14.6 Å². The molecule has 1 saturated heterocycles. The van der Waals surface area contributed by atoms with E-state index in [4.69, 9.17) is 9.47 Å². The quantitative estimate of drug-likeness (QED) is 0.907. The molecule has 0 radical (unpaired) electrons. The van der Waals surface area contributed by atoms with Crippen LogP contribution in [-0.2, 0) is 21.5 Å². The molecule has 0 bridgehead atoms. The van der Waals surface area contributed by atoms with Crippen molar-refractivity contribution in [1.29, 1.82) is 0 Å². The van der Waals surface area contributed by atoms with Crippen LogP contribution in [-0.4, -0.2) is 36.4 Å². The number of aryl methyl sites for hydroxylation is 1. The number of aromatic carboxylic acids is 1. The Bertz CT molecular complexity index is 437. The van der Waals surface area contributed by atoms with Gasteiger partial charge in [0, 0.05) is 33.2 Å². The standard InChI is InChI=1S/C12H17NO4S/c1-3-8-9(10(14)15)18-11(13-8)12(16-2)4-6-17-7-5-12/h3-7H2,1-2H3,(H,14,15). The first-order valence-electron chi connectivity index (χ1n) is 5.99. The van der Waals surface area contributed by atoms with Crippen molar-refractivity contribution in [2.24, 2.45) is 0 Å². The first-order valence-corrected chi connectivity index (χ1v) is 6.81. The van der Waals surface area contributed by atoms with Crippen molar-refractivity contribution in [2.75, 3.05) is 20.3 Å². The van der Waals surface area contributed by atoms with Gasteiger partial charge in [-0.3, -0.25) is 0 Å². The smallest absolute Gasteiger partial charge is 0.347 e. The Labute approximate surface area is 110 Å². The van der Waals surface area contributed by atoms with Gasteiger partial charge in [-0.25, -0.2) is 9.78 Å². The molecule has 2 heterocycles. The third-order valence-electron chi connectivity index (χ3n) is 3.31. The summed E-state index contributed by atoms with van der Waals surface area (Å²) < 4.78 is 11.0. The molecule has 0 amide bonds. The molecule has 0 atom stereocenters. The molecule has 0 spiro atoms. The van der Waals surface area contributed by atoms with Crippen LogP contribution in [0.25, 0.3) is 0 Å². The zero-order valence-electron chi connectivity index (χ0n) is 10.6. The lowest BCUT2D eigenvalue weighted by Gasteiger charge is -2.33. The summed E-state index contributed by atoms with van der Waals surface area (Å²) in [6.45, 7) is 3.16. The van der Waals surface area contributed by atoms with Crippen molar-refractivity contribution in [3.05, 3.63) is 15.6 Å². The van der Waals surface area contributed by atoms with Crippen molar-refractivity contribution >= 4 is 17.3 Å². The number of ether oxygens (including phenoxy) is 2. The van der Waals surface area contributed by atoms with Gasteiger partial charge in [-0.1, -0.05) is 6.92 Å². The summed E-state index contributed by atoms with van der Waals surface area (Å²) in [5.41, 5.74) is 0.172. The van der Waals surface area contributed by atoms with Crippen LogP contribution in [0.4, 0.5) is 0 Å². The number of carbonyl (C=O) groups is 1. The van der Waals surface area contributed by atoms with E-state index >= 15 is 0 Å². The Hall–Kier alpha value is -0.980. The van der Waals surface area contributed by atoms with Crippen LogP contribution in [0.2, 0.25) is 0 Å². The Morgan fingerprint density at radius 2 is 2.22 bits per heavy atom. The number of aromatic nitrogens is 1. The number of carboxylic acids is 1. The molecule has 0 unspecified atom stereocenters. The lowest BCUT2D eigenvalue weighted by atomic mass is 9.95. The highest BCUT2D eigenvalue weighted by Crippen LogP contribution is 2.38. The summed E-state index contributed by atoms with van der Waals surface area (Å²) in [6.07, 6.45) is 2.06. The Morgan fingerprint density at radius 1 is 1.56 bits per heavy atom. The van der Waals surface area contributed by atoms with E-state index in [1.54, 1.807) is 7.11 Å². The maximum atomic E-state index is 11.2. The second kappa shape index (κ2) is 5.34. The molecule has 1 fully saturated rings. The van der Waals surface area contributed by atoms with E-state index in [-0.39, 0.29) is 0 Å². The van der Waals surface area contributed by atoms with Crippen LogP contribution in [0.3, 0.4) is 0 Å². The second-order valence-electron chi connectivity index (χ2n) is 4.26. The number of hydrogen-bond donors (Lipinski definition) is 1. The van der Waals surface area contributed by atoms with Crippen molar-refractivity contribution in [2.45, 2.75) is 31.8 Å². The number of carboxylic acid groups (broad SMARTS) is 1. The molecule has 18 heavy (non-hydrogen) atoms. The van der Waals surface area contributed by atoms with Crippen molar-refractivity contribution < 1.29 is 19.4 Å². The monoisotopic (exact) mass is 271 g/mol. The maximum absolute atomic E-state index is 11.2. The number of thiazole rings is 1. The molecule has 0 saturated carbocycles. The molecular formula is C12H17NO4S. The molecule has 1 N–H and O–H groups in total. The number of methoxy groups -OCH3 is 1. The summed E-state index contributed by atoms with van der Waals surface area (Å²) in [5, 5.41) is 9.94. The van der Waals surface area contributed by atoms with Gasteiger partial charge in [-0.2, -0.15) is 0 Å². The largest absolute Gasteiger partial charge is 0.477 e. The topological polar surface area (TPSA) is 68.7 Å². The predicted molar refractivity (Wildman–Crippen MR) is 67.2 cm³/mol. The highest BCUT2D eigenvalue weighted by Gasteiger charge is 2.38. The minimum absolute atomic E-state index is 0.329. The van der Waals surface area contributed by atoms with E-state index in [2.05, 4.69) is 4.98 Å². The van der Waals surface area contributed by atoms with Gasteiger partial charge in [0.2, 0.25) is 0 Å². The van der Waals surface area contributed by atoms with Crippen molar-refractivity contribution in [1.82, 2.24) is 4.98 Å². The van der Waals surface area contributed by atoms with Gasteiger partial charge in [0.15, 0.2) is 0 Å². The number of rotatable bonds is 4. The fourth-order valence-corrected chi connectivity index (χ4v) is 3.38. The van der Waals surface area contributed by atoms with Crippen LogP contribution >= 0.6 is 11.3 Å². The van der Waals surface area contributed by atoms with Crippen LogP contribution in [0.1, 0.15) is 40.1 Å². The zero-order chi connectivity index (χ0) is 13.2. The second-order valence-corrected chi connectivity index (χ2v) is 5.26. The lowest BCUT2D eigenvalue weighted by molar-refractivity contribution is -0.0948. The van der Waals surface area contributed by atoms with E-state index in [1.165, 1.54) is 11.3 Å². The molecule has 100 valence electrons. The average molecular weight is 271 g/mol. The summed E-state index contributed by atoms with van der Waals surface area (Å²) in [4.78, 5) is 16.0. The average Bonchev–Trinajstić information content (AvgIpc) is 2.84. The fraction of sp³-hybridized carbons (Fsp3) is 0.667. The molecule has 1 aromatic rings. The van der Waals surface area contributed by atoms with Crippen molar-refractivity contribution in [3.63, 3.8) is 0 Å². The molecular weight excluding hydrogens is 254 g/mol. The molecule has 5 nitrogen and oxygen atoms in total. The summed E-state index contributed by atoms with van der Waals surface area (Å²) in [5.74, 6) is -0.908.